The number of allylic oxidation sites excluding steroid dienone is 3. The molecule has 0 aliphatic rings. The normalized spacial score (nSPS) is 13.4. The Balaban J connectivity index is 2.55. The first-order valence-corrected chi connectivity index (χ1v) is 5.10. The van der Waals surface area contributed by atoms with Crippen molar-refractivity contribution in [1.29, 1.82) is 0 Å². The molecule has 0 fully saturated rings. The van der Waals surface area contributed by atoms with Gasteiger partial charge in [0.15, 0.2) is 0 Å². The van der Waals surface area contributed by atoms with E-state index < -0.39 is 0 Å². The number of hydrogen-bond donors (Lipinski definition) is 1. The highest BCUT2D eigenvalue weighted by Crippen LogP contribution is 2.15. The van der Waals surface area contributed by atoms with Crippen molar-refractivity contribution in [2.24, 2.45) is 0 Å². The predicted molar refractivity (Wildman–Crippen MR) is 63.9 cm³/mol. The van der Waals surface area contributed by atoms with Crippen LogP contribution in [0.25, 0.3) is 16.7 Å². The molecule has 82 valence electrons. The van der Waals surface area contributed by atoms with Gasteiger partial charge in [0.2, 0.25) is 0 Å². The second-order valence-corrected chi connectivity index (χ2v) is 3.33. The lowest BCUT2D eigenvalue weighted by Crippen LogP contribution is -2.03. The summed E-state index contributed by atoms with van der Waals surface area (Å²) < 4.78 is 0. The van der Waals surface area contributed by atoms with Gasteiger partial charge < -0.3 is 5.11 Å². The van der Waals surface area contributed by atoms with Gasteiger partial charge >= 0.3 is 0 Å². The lowest BCUT2D eigenvalue weighted by atomic mass is 10.3. The van der Waals surface area contributed by atoms with E-state index in [0.717, 1.165) is 11.0 Å². The number of aliphatic hydroxyl groups excluding tert-OH is 1. The van der Waals surface area contributed by atoms with Crippen molar-refractivity contribution in [3.8, 4) is 0 Å². The molecule has 2 aromatic rings. The standard InChI is InChI=1S/C12H13N3O/c1-3-11(12(16)4-2)15-13-9-7-5-6-8-10(9)14-15/h3-8,16H,1-2H3/b11-3+,12-4+. The van der Waals surface area contributed by atoms with E-state index in [1.54, 1.807) is 19.1 Å². The Labute approximate surface area is 93.5 Å². The summed E-state index contributed by atoms with van der Waals surface area (Å²) in [5, 5.41) is 18.3. The van der Waals surface area contributed by atoms with Crippen molar-refractivity contribution in [3.63, 3.8) is 0 Å². The van der Waals surface area contributed by atoms with Crippen molar-refractivity contribution >= 4 is 16.7 Å². The van der Waals surface area contributed by atoms with Crippen LogP contribution in [0.15, 0.2) is 42.2 Å². The van der Waals surface area contributed by atoms with Gasteiger partial charge in [0, 0.05) is 0 Å². The number of aromatic nitrogens is 3. The molecular formula is C12H13N3O. The zero-order valence-corrected chi connectivity index (χ0v) is 9.25. The molecule has 0 saturated carbocycles. The predicted octanol–water partition coefficient (Wildman–Crippen LogP) is 2.75. The molecule has 2 rings (SSSR count). The summed E-state index contributed by atoms with van der Waals surface area (Å²) in [6, 6.07) is 7.59. The van der Waals surface area contributed by atoms with E-state index in [-0.39, 0.29) is 5.76 Å². The SMILES string of the molecule is C/C=C(O)\C(=C/C)n1nc2ccccc2n1. The van der Waals surface area contributed by atoms with E-state index >= 15 is 0 Å². The molecule has 1 aromatic heterocycles. The number of benzene rings is 1. The first-order valence-electron chi connectivity index (χ1n) is 5.10. The summed E-state index contributed by atoms with van der Waals surface area (Å²) in [5.74, 6) is 0.169. The van der Waals surface area contributed by atoms with Gasteiger partial charge in [-0.2, -0.15) is 0 Å². The van der Waals surface area contributed by atoms with Crippen LogP contribution in [0, 0.1) is 0 Å². The molecule has 16 heavy (non-hydrogen) atoms. The monoisotopic (exact) mass is 215 g/mol. The van der Waals surface area contributed by atoms with Crippen LogP contribution in [0.3, 0.4) is 0 Å². The summed E-state index contributed by atoms with van der Waals surface area (Å²) >= 11 is 0. The van der Waals surface area contributed by atoms with Crippen LogP contribution in [0.5, 0.6) is 0 Å². The molecule has 0 radical (unpaired) electrons. The fourth-order valence-electron chi connectivity index (χ4n) is 1.48. The van der Waals surface area contributed by atoms with Crippen LogP contribution in [-0.4, -0.2) is 20.1 Å². The molecule has 0 bridgehead atoms. The Morgan fingerprint density at radius 3 is 2.12 bits per heavy atom. The third kappa shape index (κ3) is 1.69. The van der Waals surface area contributed by atoms with Crippen LogP contribution in [0.1, 0.15) is 13.8 Å². The Bertz CT molecular complexity index is 533. The highest BCUT2D eigenvalue weighted by Gasteiger charge is 2.08. The Kier molecular flexibility index (Phi) is 2.72. The lowest BCUT2D eigenvalue weighted by molar-refractivity contribution is 0.427. The van der Waals surface area contributed by atoms with Crippen LogP contribution in [0.2, 0.25) is 0 Å². The van der Waals surface area contributed by atoms with Crippen LogP contribution in [-0.2, 0) is 0 Å². The van der Waals surface area contributed by atoms with Gasteiger partial charge in [-0.3, -0.25) is 0 Å². The molecule has 0 spiro atoms. The fourth-order valence-corrected chi connectivity index (χ4v) is 1.48. The summed E-state index contributed by atoms with van der Waals surface area (Å²) in [7, 11) is 0. The highest BCUT2D eigenvalue weighted by atomic mass is 16.3. The molecule has 0 aliphatic carbocycles. The summed E-state index contributed by atoms with van der Waals surface area (Å²) in [5.41, 5.74) is 2.20. The Hall–Kier alpha value is -2.10. The van der Waals surface area contributed by atoms with E-state index in [9.17, 15) is 5.11 Å². The number of rotatable bonds is 2. The molecule has 4 heteroatoms. The van der Waals surface area contributed by atoms with Crippen LogP contribution < -0.4 is 0 Å². The van der Waals surface area contributed by atoms with Crippen molar-refractivity contribution < 1.29 is 5.11 Å². The summed E-state index contributed by atoms with van der Waals surface area (Å²) in [4.78, 5) is 1.44. The molecule has 4 nitrogen and oxygen atoms in total. The fraction of sp³-hybridized carbons (Fsp3) is 0.167. The van der Waals surface area contributed by atoms with Crippen LogP contribution >= 0.6 is 0 Å². The zero-order valence-electron chi connectivity index (χ0n) is 9.25. The molecule has 0 unspecified atom stereocenters. The van der Waals surface area contributed by atoms with E-state index in [2.05, 4.69) is 10.2 Å². The van der Waals surface area contributed by atoms with E-state index in [1.807, 2.05) is 31.2 Å². The van der Waals surface area contributed by atoms with Crippen molar-refractivity contribution in [3.05, 3.63) is 42.2 Å². The minimum absolute atomic E-state index is 0.169. The maximum Gasteiger partial charge on any atom is 0.138 e. The zero-order chi connectivity index (χ0) is 11.5. The van der Waals surface area contributed by atoms with Crippen molar-refractivity contribution in [2.45, 2.75) is 13.8 Å². The molecule has 0 aliphatic heterocycles. The number of fused-ring (bicyclic) bond motifs is 1. The first kappa shape index (κ1) is 10.4. The summed E-state index contributed by atoms with van der Waals surface area (Å²) in [6.07, 6.45) is 3.39. The maximum atomic E-state index is 9.69. The van der Waals surface area contributed by atoms with Gasteiger partial charge in [0.25, 0.3) is 0 Å². The molecule has 1 N–H and O–H groups in total. The molecular weight excluding hydrogens is 202 g/mol. The summed E-state index contributed by atoms with van der Waals surface area (Å²) in [6.45, 7) is 3.60. The molecule has 1 aromatic carbocycles. The van der Waals surface area contributed by atoms with E-state index in [0.29, 0.717) is 5.70 Å². The largest absolute Gasteiger partial charge is 0.506 e. The van der Waals surface area contributed by atoms with Crippen molar-refractivity contribution in [2.75, 3.05) is 0 Å². The van der Waals surface area contributed by atoms with Crippen LogP contribution in [0.4, 0.5) is 0 Å². The Morgan fingerprint density at radius 1 is 1.12 bits per heavy atom. The van der Waals surface area contributed by atoms with E-state index in [4.69, 9.17) is 0 Å². The third-order valence-electron chi connectivity index (χ3n) is 2.31. The van der Waals surface area contributed by atoms with E-state index in [1.165, 1.54) is 4.80 Å². The quantitative estimate of drug-likeness (QED) is 0.619. The second-order valence-electron chi connectivity index (χ2n) is 3.33. The molecule has 1 heterocycles. The average Bonchev–Trinajstić information content (AvgIpc) is 2.72. The van der Waals surface area contributed by atoms with Gasteiger partial charge in [0.1, 0.15) is 22.5 Å². The minimum Gasteiger partial charge on any atom is -0.506 e. The number of hydrogen-bond acceptors (Lipinski definition) is 3. The number of nitrogens with zero attached hydrogens (tertiary/aromatic N) is 3. The van der Waals surface area contributed by atoms with Gasteiger partial charge in [-0.05, 0) is 32.1 Å². The maximum absolute atomic E-state index is 9.69. The first-order chi connectivity index (χ1) is 7.76. The van der Waals surface area contributed by atoms with Crippen molar-refractivity contribution in [1.82, 2.24) is 15.0 Å². The smallest absolute Gasteiger partial charge is 0.138 e. The lowest BCUT2D eigenvalue weighted by Gasteiger charge is -2.02. The minimum atomic E-state index is 0.169. The second kappa shape index (κ2) is 4.18. The molecule has 0 saturated heterocycles. The highest BCUT2D eigenvalue weighted by molar-refractivity contribution is 5.74. The van der Waals surface area contributed by atoms with Gasteiger partial charge in [-0.15, -0.1) is 15.0 Å². The van der Waals surface area contributed by atoms with Gasteiger partial charge in [-0.25, -0.2) is 0 Å². The Morgan fingerprint density at radius 2 is 1.69 bits per heavy atom. The molecule has 0 atom stereocenters. The number of aliphatic hydroxyl groups is 1. The van der Waals surface area contributed by atoms with Gasteiger partial charge in [0.05, 0.1) is 0 Å². The topological polar surface area (TPSA) is 50.9 Å². The average molecular weight is 215 g/mol. The third-order valence-corrected chi connectivity index (χ3v) is 2.31. The molecule has 0 amide bonds. The van der Waals surface area contributed by atoms with Gasteiger partial charge in [-0.1, -0.05) is 18.2 Å².